The van der Waals surface area contributed by atoms with Crippen LogP contribution in [0.15, 0.2) is 11.4 Å². The van der Waals surface area contributed by atoms with Crippen LogP contribution < -0.4 is 5.73 Å². The van der Waals surface area contributed by atoms with E-state index in [1.54, 1.807) is 11.3 Å². The molecular formula is C12H18N4OS. The van der Waals surface area contributed by atoms with Gasteiger partial charge in [-0.25, -0.2) is 9.97 Å². The summed E-state index contributed by atoms with van der Waals surface area (Å²) in [6.45, 7) is 4.73. The molecule has 2 aromatic heterocycles. The Hall–Kier alpha value is -1.24. The van der Waals surface area contributed by atoms with E-state index in [9.17, 15) is 0 Å². The molecule has 0 atom stereocenters. The molecule has 2 rings (SSSR count). The Balaban J connectivity index is 2.14. The Bertz CT molecular complexity index is 514. The number of aromatic nitrogens is 2. The minimum Gasteiger partial charge on any atom is -0.396 e. The van der Waals surface area contributed by atoms with E-state index in [4.69, 9.17) is 10.8 Å². The minimum absolute atomic E-state index is 0.212. The van der Waals surface area contributed by atoms with Gasteiger partial charge in [-0.1, -0.05) is 6.92 Å². The summed E-state index contributed by atoms with van der Waals surface area (Å²) in [4.78, 5) is 12.0. The standard InChI is InChI=1S/C12H18N4OS/c1-2-16(5-3-6-17)8-10-14-11(13)9-4-7-18-12(9)15-10/h4,7,17H,2-3,5-6,8H2,1H3,(H2,13,14,15). The van der Waals surface area contributed by atoms with Crippen molar-refractivity contribution >= 4 is 27.4 Å². The van der Waals surface area contributed by atoms with E-state index in [2.05, 4.69) is 21.8 Å². The van der Waals surface area contributed by atoms with E-state index in [-0.39, 0.29) is 6.61 Å². The number of thiophene rings is 1. The van der Waals surface area contributed by atoms with Gasteiger partial charge in [-0.2, -0.15) is 0 Å². The van der Waals surface area contributed by atoms with Crippen molar-refractivity contribution < 1.29 is 5.11 Å². The van der Waals surface area contributed by atoms with Crippen LogP contribution in [0.3, 0.4) is 0 Å². The van der Waals surface area contributed by atoms with Crippen LogP contribution in [0.1, 0.15) is 19.2 Å². The largest absolute Gasteiger partial charge is 0.396 e. The molecule has 2 aromatic rings. The number of nitrogens with two attached hydrogens (primary N) is 1. The van der Waals surface area contributed by atoms with E-state index >= 15 is 0 Å². The molecule has 98 valence electrons. The minimum atomic E-state index is 0.212. The zero-order chi connectivity index (χ0) is 13.0. The van der Waals surface area contributed by atoms with Crippen LogP contribution >= 0.6 is 11.3 Å². The van der Waals surface area contributed by atoms with Crippen molar-refractivity contribution in [2.24, 2.45) is 0 Å². The predicted octanol–water partition coefficient (Wildman–Crippen LogP) is 1.48. The number of hydrogen-bond donors (Lipinski definition) is 2. The van der Waals surface area contributed by atoms with E-state index in [0.29, 0.717) is 12.4 Å². The van der Waals surface area contributed by atoms with Gasteiger partial charge in [0.1, 0.15) is 16.5 Å². The molecule has 0 aliphatic carbocycles. The molecule has 2 heterocycles. The van der Waals surface area contributed by atoms with Gasteiger partial charge in [0.25, 0.3) is 0 Å². The molecule has 0 fully saturated rings. The maximum absolute atomic E-state index is 8.86. The molecular weight excluding hydrogens is 248 g/mol. The molecule has 0 unspecified atom stereocenters. The first-order chi connectivity index (χ1) is 8.74. The van der Waals surface area contributed by atoms with Gasteiger partial charge in [0.2, 0.25) is 0 Å². The summed E-state index contributed by atoms with van der Waals surface area (Å²) in [5.41, 5.74) is 5.92. The monoisotopic (exact) mass is 266 g/mol. The highest BCUT2D eigenvalue weighted by molar-refractivity contribution is 7.16. The summed E-state index contributed by atoms with van der Waals surface area (Å²) in [6.07, 6.45) is 0.768. The lowest BCUT2D eigenvalue weighted by Gasteiger charge is -2.18. The fourth-order valence-electron chi connectivity index (χ4n) is 1.84. The van der Waals surface area contributed by atoms with Gasteiger partial charge in [0.05, 0.1) is 11.9 Å². The Labute approximate surface area is 110 Å². The van der Waals surface area contributed by atoms with Crippen LogP contribution in [0.4, 0.5) is 5.82 Å². The van der Waals surface area contributed by atoms with Gasteiger partial charge in [-0.05, 0) is 24.4 Å². The Morgan fingerprint density at radius 1 is 1.44 bits per heavy atom. The molecule has 3 N–H and O–H groups in total. The number of aliphatic hydroxyl groups excluding tert-OH is 1. The first kappa shape index (κ1) is 13.2. The Morgan fingerprint density at radius 2 is 2.28 bits per heavy atom. The van der Waals surface area contributed by atoms with Gasteiger partial charge in [0, 0.05) is 13.2 Å². The van der Waals surface area contributed by atoms with E-state index in [0.717, 1.165) is 35.6 Å². The molecule has 0 aliphatic heterocycles. The molecule has 0 spiro atoms. The van der Waals surface area contributed by atoms with Crippen LogP contribution in [0, 0.1) is 0 Å². The zero-order valence-corrected chi connectivity index (χ0v) is 11.3. The van der Waals surface area contributed by atoms with Crippen LogP contribution in [0.2, 0.25) is 0 Å². The van der Waals surface area contributed by atoms with Crippen molar-refractivity contribution in [1.29, 1.82) is 0 Å². The Morgan fingerprint density at radius 3 is 3.00 bits per heavy atom. The predicted molar refractivity (Wildman–Crippen MR) is 74.5 cm³/mol. The van der Waals surface area contributed by atoms with Crippen molar-refractivity contribution in [2.45, 2.75) is 19.9 Å². The fourth-order valence-corrected chi connectivity index (χ4v) is 2.63. The molecule has 0 saturated heterocycles. The highest BCUT2D eigenvalue weighted by Gasteiger charge is 2.09. The first-order valence-corrected chi connectivity index (χ1v) is 6.95. The summed E-state index contributed by atoms with van der Waals surface area (Å²) in [7, 11) is 0. The summed E-state index contributed by atoms with van der Waals surface area (Å²) in [5, 5.41) is 11.8. The van der Waals surface area contributed by atoms with E-state index in [1.807, 2.05) is 11.4 Å². The number of nitrogen functional groups attached to an aromatic ring is 1. The second-order valence-corrected chi connectivity index (χ2v) is 5.00. The number of anilines is 1. The van der Waals surface area contributed by atoms with Crippen molar-refractivity contribution in [2.75, 3.05) is 25.4 Å². The summed E-state index contributed by atoms with van der Waals surface area (Å²) in [6, 6.07) is 1.95. The second kappa shape index (κ2) is 6.08. The van der Waals surface area contributed by atoms with Gasteiger partial charge in [-0.15, -0.1) is 11.3 Å². The molecule has 5 nitrogen and oxygen atoms in total. The van der Waals surface area contributed by atoms with E-state index < -0.39 is 0 Å². The lowest BCUT2D eigenvalue weighted by molar-refractivity contribution is 0.222. The molecule has 6 heteroatoms. The average Bonchev–Trinajstić information content (AvgIpc) is 2.83. The summed E-state index contributed by atoms with van der Waals surface area (Å²) < 4.78 is 0. The van der Waals surface area contributed by atoms with Gasteiger partial charge in [0.15, 0.2) is 0 Å². The normalized spacial score (nSPS) is 11.5. The third-order valence-electron chi connectivity index (χ3n) is 2.85. The third-order valence-corrected chi connectivity index (χ3v) is 3.65. The highest BCUT2D eigenvalue weighted by atomic mass is 32.1. The maximum Gasteiger partial charge on any atom is 0.146 e. The summed E-state index contributed by atoms with van der Waals surface area (Å²) in [5.74, 6) is 1.30. The first-order valence-electron chi connectivity index (χ1n) is 6.07. The average molecular weight is 266 g/mol. The van der Waals surface area contributed by atoms with Gasteiger partial charge in [-0.3, -0.25) is 4.90 Å². The van der Waals surface area contributed by atoms with Crippen molar-refractivity contribution in [1.82, 2.24) is 14.9 Å². The lowest BCUT2D eigenvalue weighted by Crippen LogP contribution is -2.25. The van der Waals surface area contributed by atoms with Crippen LogP contribution in [-0.4, -0.2) is 39.7 Å². The lowest BCUT2D eigenvalue weighted by atomic mass is 10.3. The van der Waals surface area contributed by atoms with Crippen molar-refractivity contribution in [3.8, 4) is 0 Å². The number of hydrogen-bond acceptors (Lipinski definition) is 6. The topological polar surface area (TPSA) is 75.3 Å². The molecule has 0 aliphatic rings. The zero-order valence-electron chi connectivity index (χ0n) is 10.5. The Kier molecular flexibility index (Phi) is 4.46. The van der Waals surface area contributed by atoms with Crippen molar-refractivity contribution in [3.63, 3.8) is 0 Å². The van der Waals surface area contributed by atoms with Gasteiger partial charge >= 0.3 is 0 Å². The number of nitrogens with zero attached hydrogens (tertiary/aromatic N) is 3. The molecule has 0 saturated carbocycles. The van der Waals surface area contributed by atoms with Gasteiger partial charge < -0.3 is 10.8 Å². The van der Waals surface area contributed by atoms with Crippen molar-refractivity contribution in [3.05, 3.63) is 17.3 Å². The molecule has 0 radical (unpaired) electrons. The quantitative estimate of drug-likeness (QED) is 0.828. The number of aliphatic hydroxyl groups is 1. The second-order valence-electron chi connectivity index (χ2n) is 4.11. The number of fused-ring (bicyclic) bond motifs is 1. The molecule has 0 amide bonds. The smallest absolute Gasteiger partial charge is 0.146 e. The highest BCUT2D eigenvalue weighted by Crippen LogP contribution is 2.23. The van der Waals surface area contributed by atoms with E-state index in [1.165, 1.54) is 0 Å². The third kappa shape index (κ3) is 2.95. The fraction of sp³-hybridized carbons (Fsp3) is 0.500. The van der Waals surface area contributed by atoms with Crippen LogP contribution in [0.5, 0.6) is 0 Å². The van der Waals surface area contributed by atoms with Crippen LogP contribution in [-0.2, 0) is 6.54 Å². The maximum atomic E-state index is 8.86. The number of rotatable bonds is 6. The molecule has 0 aromatic carbocycles. The van der Waals surface area contributed by atoms with Crippen LogP contribution in [0.25, 0.3) is 10.2 Å². The molecule has 0 bridgehead atoms. The SMILES string of the molecule is CCN(CCCO)Cc1nc(N)c2ccsc2n1. The molecule has 18 heavy (non-hydrogen) atoms. The summed E-state index contributed by atoms with van der Waals surface area (Å²) >= 11 is 1.58.